The first-order valence-electron chi connectivity index (χ1n) is 6.44. The lowest BCUT2D eigenvalue weighted by Gasteiger charge is -2.26. The fourth-order valence-electron chi connectivity index (χ4n) is 2.29. The zero-order valence-electron chi connectivity index (χ0n) is 11.5. The molecule has 1 saturated heterocycles. The zero-order valence-corrected chi connectivity index (χ0v) is 12.3. The molecule has 1 atom stereocenters. The number of carboxylic acid groups (broad SMARTS) is 1. The number of hydrogen-bond acceptors (Lipinski definition) is 5. The molecule has 2 heterocycles. The number of carbonyl (C=O) groups is 2. The van der Waals surface area contributed by atoms with Gasteiger partial charge in [-0.25, -0.2) is 8.42 Å². The fraction of sp³-hybridized carbons (Fsp3) is 0.462. The second-order valence-electron chi connectivity index (χ2n) is 5.07. The van der Waals surface area contributed by atoms with Gasteiger partial charge in [0, 0.05) is 17.9 Å². The van der Waals surface area contributed by atoms with Crippen molar-refractivity contribution in [3.63, 3.8) is 0 Å². The Bertz CT molecular complexity index is 654. The average Bonchev–Trinajstić information content (AvgIpc) is 2.76. The minimum absolute atomic E-state index is 0.0206. The number of aromatic nitrogens is 1. The van der Waals surface area contributed by atoms with E-state index in [2.05, 4.69) is 4.98 Å². The van der Waals surface area contributed by atoms with Crippen LogP contribution in [0.4, 0.5) is 0 Å². The highest BCUT2D eigenvalue weighted by atomic mass is 32.2. The highest BCUT2D eigenvalue weighted by Crippen LogP contribution is 2.19. The summed E-state index contributed by atoms with van der Waals surface area (Å²) < 4.78 is 23.1. The third-order valence-corrected chi connectivity index (χ3v) is 5.12. The molecule has 7 nitrogen and oxygen atoms in total. The van der Waals surface area contributed by atoms with Gasteiger partial charge in [-0.1, -0.05) is 0 Å². The van der Waals surface area contributed by atoms with Crippen LogP contribution in [0.25, 0.3) is 0 Å². The summed E-state index contributed by atoms with van der Waals surface area (Å²) in [4.78, 5) is 28.5. The number of hydrogen-bond donors (Lipinski definition) is 1. The molecule has 1 amide bonds. The smallest absolute Gasteiger partial charge is 0.323 e. The van der Waals surface area contributed by atoms with Gasteiger partial charge < -0.3 is 10.0 Å². The van der Waals surface area contributed by atoms with Crippen LogP contribution in [0.15, 0.2) is 18.3 Å². The summed E-state index contributed by atoms with van der Waals surface area (Å²) in [6.45, 7) is 1.25. The Morgan fingerprint density at radius 2 is 2.14 bits per heavy atom. The van der Waals surface area contributed by atoms with Gasteiger partial charge in [0.15, 0.2) is 9.84 Å². The Kier molecular flexibility index (Phi) is 4.26. The fourth-order valence-corrected chi connectivity index (χ4v) is 4.02. The van der Waals surface area contributed by atoms with Crippen LogP contribution in [0.2, 0.25) is 0 Å². The normalized spacial score (nSPS) is 20.1. The number of carbonyl (C=O) groups excluding carboxylic acids is 1. The largest absolute Gasteiger partial charge is 0.480 e. The van der Waals surface area contributed by atoms with Crippen molar-refractivity contribution in [1.82, 2.24) is 9.88 Å². The molecular weight excluding hydrogens is 296 g/mol. The van der Waals surface area contributed by atoms with E-state index in [1.165, 1.54) is 6.20 Å². The maximum atomic E-state index is 12.4. The summed E-state index contributed by atoms with van der Waals surface area (Å²) in [5.41, 5.74) is 0.992. The topological polar surface area (TPSA) is 105 Å². The molecular formula is C13H16N2O5S. The number of amides is 1. The molecule has 1 fully saturated rings. The molecule has 0 saturated carbocycles. The quantitative estimate of drug-likeness (QED) is 0.845. The van der Waals surface area contributed by atoms with Crippen LogP contribution in [0.3, 0.4) is 0 Å². The zero-order chi connectivity index (χ0) is 15.6. The van der Waals surface area contributed by atoms with E-state index in [9.17, 15) is 18.0 Å². The van der Waals surface area contributed by atoms with Gasteiger partial charge in [-0.3, -0.25) is 14.6 Å². The van der Waals surface area contributed by atoms with Crippen LogP contribution in [0.1, 0.15) is 22.5 Å². The van der Waals surface area contributed by atoms with Gasteiger partial charge >= 0.3 is 5.97 Å². The molecule has 1 unspecified atom stereocenters. The van der Waals surface area contributed by atoms with Crippen LogP contribution < -0.4 is 0 Å². The average molecular weight is 312 g/mol. The first-order chi connectivity index (χ1) is 9.78. The molecule has 0 aromatic carbocycles. The van der Waals surface area contributed by atoms with E-state index < -0.39 is 34.3 Å². The number of sulfone groups is 1. The van der Waals surface area contributed by atoms with E-state index in [1.807, 2.05) is 0 Å². The molecule has 0 radical (unpaired) electrons. The molecule has 1 N–H and O–H groups in total. The molecule has 8 heteroatoms. The van der Waals surface area contributed by atoms with E-state index in [0.717, 1.165) is 10.6 Å². The van der Waals surface area contributed by atoms with Crippen LogP contribution in [0, 0.1) is 6.92 Å². The van der Waals surface area contributed by atoms with Crippen molar-refractivity contribution in [1.29, 1.82) is 0 Å². The van der Waals surface area contributed by atoms with E-state index in [-0.39, 0.29) is 23.5 Å². The lowest BCUT2D eigenvalue weighted by atomic mass is 10.1. The van der Waals surface area contributed by atoms with Crippen molar-refractivity contribution in [2.75, 3.05) is 18.1 Å². The summed E-state index contributed by atoms with van der Waals surface area (Å²) in [6.07, 6.45) is 1.64. The van der Waals surface area contributed by atoms with Crippen molar-refractivity contribution < 1.29 is 23.1 Å². The molecule has 1 aliphatic heterocycles. The Morgan fingerprint density at radius 3 is 2.62 bits per heavy atom. The summed E-state index contributed by atoms with van der Waals surface area (Å²) in [7, 11) is -3.20. The van der Waals surface area contributed by atoms with Crippen molar-refractivity contribution in [2.24, 2.45) is 0 Å². The SMILES string of the molecule is Cc1ccc(C(=O)N(CC(=O)O)C2CCS(=O)(=O)C2)cn1. The molecule has 2 rings (SSSR count). The molecule has 1 aromatic rings. The van der Waals surface area contributed by atoms with Gasteiger partial charge in [0.05, 0.1) is 17.1 Å². The van der Waals surface area contributed by atoms with Crippen molar-refractivity contribution in [3.05, 3.63) is 29.6 Å². The van der Waals surface area contributed by atoms with E-state index >= 15 is 0 Å². The molecule has 1 aromatic heterocycles. The predicted octanol–water partition coefficient (Wildman–Crippen LogP) is 0.104. The van der Waals surface area contributed by atoms with Gasteiger partial charge in [0.2, 0.25) is 0 Å². The predicted molar refractivity (Wildman–Crippen MR) is 74.7 cm³/mol. The lowest BCUT2D eigenvalue weighted by Crippen LogP contribution is -2.44. The first-order valence-corrected chi connectivity index (χ1v) is 8.26. The van der Waals surface area contributed by atoms with Crippen molar-refractivity contribution in [2.45, 2.75) is 19.4 Å². The number of aliphatic carboxylic acids is 1. The van der Waals surface area contributed by atoms with Gasteiger partial charge in [0.1, 0.15) is 6.54 Å². The maximum absolute atomic E-state index is 12.4. The van der Waals surface area contributed by atoms with E-state index in [1.54, 1.807) is 19.1 Å². The van der Waals surface area contributed by atoms with E-state index in [4.69, 9.17) is 5.11 Å². The number of nitrogens with zero attached hydrogens (tertiary/aromatic N) is 2. The highest BCUT2D eigenvalue weighted by molar-refractivity contribution is 7.91. The minimum Gasteiger partial charge on any atom is -0.480 e. The van der Waals surface area contributed by atoms with Gasteiger partial charge in [-0.15, -0.1) is 0 Å². The van der Waals surface area contributed by atoms with Crippen LogP contribution >= 0.6 is 0 Å². The Labute approximate surface area is 122 Å². The second-order valence-corrected chi connectivity index (χ2v) is 7.30. The molecule has 0 bridgehead atoms. The highest BCUT2D eigenvalue weighted by Gasteiger charge is 2.36. The van der Waals surface area contributed by atoms with E-state index in [0.29, 0.717) is 0 Å². The number of pyridine rings is 1. The van der Waals surface area contributed by atoms with Gasteiger partial charge in [-0.2, -0.15) is 0 Å². The third kappa shape index (κ3) is 3.78. The monoisotopic (exact) mass is 312 g/mol. The van der Waals surface area contributed by atoms with Crippen LogP contribution in [-0.4, -0.2) is 59.4 Å². The molecule has 1 aliphatic rings. The van der Waals surface area contributed by atoms with Crippen molar-refractivity contribution in [3.8, 4) is 0 Å². The first kappa shape index (κ1) is 15.4. The summed E-state index contributed by atoms with van der Waals surface area (Å²) in [5.74, 6) is -1.89. The van der Waals surface area contributed by atoms with Crippen molar-refractivity contribution >= 4 is 21.7 Å². The number of aryl methyl sites for hydroxylation is 1. The summed E-state index contributed by atoms with van der Waals surface area (Å²) >= 11 is 0. The minimum atomic E-state index is -3.20. The van der Waals surface area contributed by atoms with Gasteiger partial charge in [0.25, 0.3) is 5.91 Å². The number of carboxylic acids is 1. The Morgan fingerprint density at radius 1 is 1.43 bits per heavy atom. The van der Waals surface area contributed by atoms with Crippen LogP contribution in [-0.2, 0) is 14.6 Å². The van der Waals surface area contributed by atoms with Gasteiger partial charge in [-0.05, 0) is 25.5 Å². The molecule has 114 valence electrons. The Balaban J connectivity index is 2.25. The molecule has 0 spiro atoms. The van der Waals surface area contributed by atoms with Crippen LogP contribution in [0.5, 0.6) is 0 Å². The summed E-state index contributed by atoms with van der Waals surface area (Å²) in [6, 6.07) is 2.61. The number of rotatable bonds is 4. The molecule has 21 heavy (non-hydrogen) atoms. The standard InChI is InChI=1S/C13H16N2O5S/c1-9-2-3-10(6-14-9)13(18)15(7-12(16)17)11-4-5-21(19,20)8-11/h2-3,6,11H,4-5,7-8H2,1H3,(H,16,17). The molecule has 0 aliphatic carbocycles. The summed E-state index contributed by atoms with van der Waals surface area (Å²) in [5, 5.41) is 8.96. The second kappa shape index (κ2) is 5.80. The Hall–Kier alpha value is -1.96. The third-order valence-electron chi connectivity index (χ3n) is 3.37. The maximum Gasteiger partial charge on any atom is 0.323 e. The lowest BCUT2D eigenvalue weighted by molar-refractivity contribution is -0.138.